The predicted molar refractivity (Wildman–Crippen MR) is 98.4 cm³/mol. The molecule has 1 heterocycles. The summed E-state index contributed by atoms with van der Waals surface area (Å²) in [7, 11) is -4.12. The minimum Gasteiger partial charge on any atom is -0.356 e. The third-order valence-electron chi connectivity index (χ3n) is 4.34. The highest BCUT2D eigenvalue weighted by Gasteiger charge is 2.31. The second kappa shape index (κ2) is 6.97. The topological polar surface area (TPSA) is 72.2 Å². The van der Waals surface area contributed by atoms with Crippen LogP contribution in [0.25, 0.3) is 11.3 Å². The standard InChI is InChI=1S/C19H17F3N2O3S/c1-11-7-8-14(18-12(2)13(3)23-27-18)9-17(11)28(25,26)24-16-6-4-5-15(10-16)19(20,21)22/h4-10,24H,1-3H3. The van der Waals surface area contributed by atoms with Crippen LogP contribution < -0.4 is 4.72 Å². The molecule has 1 N–H and O–H groups in total. The van der Waals surface area contributed by atoms with Crippen LogP contribution in [0.2, 0.25) is 0 Å². The molecule has 0 atom stereocenters. The lowest BCUT2D eigenvalue weighted by Gasteiger charge is -2.13. The molecule has 0 radical (unpaired) electrons. The molecule has 0 saturated heterocycles. The van der Waals surface area contributed by atoms with Gasteiger partial charge in [-0.05, 0) is 50.6 Å². The largest absolute Gasteiger partial charge is 0.416 e. The fourth-order valence-corrected chi connectivity index (χ4v) is 4.01. The first-order chi connectivity index (χ1) is 13.0. The number of hydrogen-bond donors (Lipinski definition) is 1. The van der Waals surface area contributed by atoms with Crippen LogP contribution in [0.4, 0.5) is 18.9 Å². The number of aromatic nitrogens is 1. The summed E-state index contributed by atoms with van der Waals surface area (Å²) < 4.78 is 71.7. The molecule has 148 valence electrons. The predicted octanol–water partition coefficient (Wildman–Crippen LogP) is 5.09. The smallest absolute Gasteiger partial charge is 0.356 e. The number of anilines is 1. The van der Waals surface area contributed by atoms with E-state index < -0.39 is 21.8 Å². The second-order valence-corrected chi connectivity index (χ2v) is 8.04. The van der Waals surface area contributed by atoms with E-state index in [1.54, 1.807) is 32.9 Å². The Bertz CT molecular complexity index is 1140. The van der Waals surface area contributed by atoms with Crippen molar-refractivity contribution in [2.45, 2.75) is 31.8 Å². The normalized spacial score (nSPS) is 12.2. The van der Waals surface area contributed by atoms with Crippen molar-refractivity contribution in [3.63, 3.8) is 0 Å². The van der Waals surface area contributed by atoms with Gasteiger partial charge in [-0.3, -0.25) is 4.72 Å². The molecule has 0 aliphatic heterocycles. The van der Waals surface area contributed by atoms with E-state index in [2.05, 4.69) is 9.88 Å². The summed E-state index contributed by atoms with van der Waals surface area (Å²) in [6.07, 6.45) is -4.57. The van der Waals surface area contributed by atoms with E-state index in [0.29, 0.717) is 22.6 Å². The summed E-state index contributed by atoms with van der Waals surface area (Å²) >= 11 is 0. The Labute approximate surface area is 160 Å². The maximum atomic E-state index is 12.9. The molecule has 1 aromatic heterocycles. The molecule has 3 aromatic rings. The highest BCUT2D eigenvalue weighted by atomic mass is 32.2. The lowest BCUT2D eigenvalue weighted by Crippen LogP contribution is -2.15. The van der Waals surface area contributed by atoms with E-state index in [9.17, 15) is 21.6 Å². The Morgan fingerprint density at radius 2 is 1.75 bits per heavy atom. The van der Waals surface area contributed by atoms with Crippen molar-refractivity contribution in [1.29, 1.82) is 0 Å². The molecule has 0 aliphatic carbocycles. The van der Waals surface area contributed by atoms with Gasteiger partial charge in [0.25, 0.3) is 10.0 Å². The SMILES string of the molecule is Cc1ccc(-c2onc(C)c2C)cc1S(=O)(=O)Nc1cccc(C(F)(F)F)c1. The number of aryl methyl sites for hydroxylation is 2. The van der Waals surface area contributed by atoms with Gasteiger partial charge in [-0.25, -0.2) is 8.42 Å². The Morgan fingerprint density at radius 1 is 1.04 bits per heavy atom. The summed E-state index contributed by atoms with van der Waals surface area (Å²) in [5, 5.41) is 3.86. The third-order valence-corrected chi connectivity index (χ3v) is 5.86. The van der Waals surface area contributed by atoms with E-state index in [-0.39, 0.29) is 10.6 Å². The molecule has 2 aromatic carbocycles. The van der Waals surface area contributed by atoms with Crippen LogP contribution in [0, 0.1) is 20.8 Å². The Hall–Kier alpha value is -2.81. The van der Waals surface area contributed by atoms with Gasteiger partial charge >= 0.3 is 6.18 Å². The van der Waals surface area contributed by atoms with Gasteiger partial charge < -0.3 is 4.52 Å². The third kappa shape index (κ3) is 3.89. The minimum atomic E-state index is -4.57. The molecule has 0 unspecified atom stereocenters. The molecule has 0 fully saturated rings. The molecule has 0 spiro atoms. The van der Waals surface area contributed by atoms with Crippen molar-refractivity contribution in [1.82, 2.24) is 5.16 Å². The summed E-state index contributed by atoms with van der Waals surface area (Å²) in [6, 6.07) is 8.75. The minimum absolute atomic E-state index is 0.0594. The molecule has 9 heteroatoms. The lowest BCUT2D eigenvalue weighted by atomic mass is 10.1. The average Bonchev–Trinajstić information content (AvgIpc) is 2.93. The van der Waals surface area contributed by atoms with Gasteiger partial charge in [-0.2, -0.15) is 13.2 Å². The molecular formula is C19H17F3N2O3S. The number of nitrogens with one attached hydrogen (secondary N) is 1. The van der Waals surface area contributed by atoms with E-state index >= 15 is 0 Å². The number of benzene rings is 2. The zero-order valence-corrected chi connectivity index (χ0v) is 16.1. The van der Waals surface area contributed by atoms with Gasteiger partial charge in [-0.1, -0.05) is 23.4 Å². The zero-order valence-electron chi connectivity index (χ0n) is 15.3. The number of rotatable bonds is 4. The van der Waals surface area contributed by atoms with E-state index in [0.717, 1.165) is 23.8 Å². The number of sulfonamides is 1. The quantitative estimate of drug-likeness (QED) is 0.651. The fraction of sp³-hybridized carbons (Fsp3) is 0.211. The highest BCUT2D eigenvalue weighted by molar-refractivity contribution is 7.92. The molecule has 28 heavy (non-hydrogen) atoms. The molecule has 0 bridgehead atoms. The number of halogens is 3. The number of nitrogens with zero attached hydrogens (tertiary/aromatic N) is 1. The maximum Gasteiger partial charge on any atom is 0.416 e. The van der Waals surface area contributed by atoms with Crippen LogP contribution in [0.15, 0.2) is 51.9 Å². The van der Waals surface area contributed by atoms with Crippen molar-refractivity contribution in [3.05, 3.63) is 64.8 Å². The second-order valence-electron chi connectivity index (χ2n) is 6.39. The van der Waals surface area contributed by atoms with Crippen LogP contribution in [0.1, 0.15) is 22.4 Å². The van der Waals surface area contributed by atoms with Gasteiger partial charge in [0.2, 0.25) is 0 Å². The Kier molecular flexibility index (Phi) is 4.97. The van der Waals surface area contributed by atoms with Crippen LogP contribution >= 0.6 is 0 Å². The lowest BCUT2D eigenvalue weighted by molar-refractivity contribution is -0.137. The van der Waals surface area contributed by atoms with E-state index in [1.807, 2.05) is 0 Å². The number of hydrogen-bond acceptors (Lipinski definition) is 4. The van der Waals surface area contributed by atoms with E-state index in [4.69, 9.17) is 4.52 Å². The average molecular weight is 410 g/mol. The summed E-state index contributed by atoms with van der Waals surface area (Å²) in [6.45, 7) is 5.17. The molecule has 0 amide bonds. The first-order valence-corrected chi connectivity index (χ1v) is 9.71. The van der Waals surface area contributed by atoms with Crippen LogP contribution in [-0.2, 0) is 16.2 Å². The van der Waals surface area contributed by atoms with Crippen molar-refractivity contribution < 1.29 is 26.1 Å². The van der Waals surface area contributed by atoms with Crippen molar-refractivity contribution >= 4 is 15.7 Å². The van der Waals surface area contributed by atoms with Gasteiger partial charge in [0.1, 0.15) is 0 Å². The highest BCUT2D eigenvalue weighted by Crippen LogP contribution is 2.32. The van der Waals surface area contributed by atoms with Crippen LogP contribution in [0.3, 0.4) is 0 Å². The molecular weight excluding hydrogens is 393 g/mol. The molecule has 0 saturated carbocycles. The first kappa shape index (κ1) is 19.9. The van der Waals surface area contributed by atoms with Crippen LogP contribution in [-0.4, -0.2) is 13.6 Å². The summed E-state index contributed by atoms with van der Waals surface area (Å²) in [5.41, 5.74) is 1.29. The molecule has 0 aliphatic rings. The zero-order chi connectivity index (χ0) is 20.7. The monoisotopic (exact) mass is 410 g/mol. The first-order valence-electron chi connectivity index (χ1n) is 8.23. The summed E-state index contributed by atoms with van der Waals surface area (Å²) in [4.78, 5) is -0.0594. The van der Waals surface area contributed by atoms with Crippen molar-refractivity contribution in [2.24, 2.45) is 0 Å². The Morgan fingerprint density at radius 3 is 2.36 bits per heavy atom. The van der Waals surface area contributed by atoms with Gasteiger partial charge in [0, 0.05) is 16.8 Å². The number of alkyl halides is 3. The van der Waals surface area contributed by atoms with E-state index in [1.165, 1.54) is 12.1 Å². The molecule has 3 rings (SSSR count). The fourth-order valence-electron chi connectivity index (χ4n) is 2.68. The Balaban J connectivity index is 2.01. The van der Waals surface area contributed by atoms with Gasteiger partial charge in [-0.15, -0.1) is 0 Å². The van der Waals surface area contributed by atoms with Crippen molar-refractivity contribution in [2.75, 3.05) is 4.72 Å². The maximum absolute atomic E-state index is 12.9. The summed E-state index contributed by atoms with van der Waals surface area (Å²) in [5.74, 6) is 0.438. The van der Waals surface area contributed by atoms with Crippen molar-refractivity contribution in [3.8, 4) is 11.3 Å². The molecule has 5 nitrogen and oxygen atoms in total. The van der Waals surface area contributed by atoms with Gasteiger partial charge in [0.05, 0.1) is 16.2 Å². The van der Waals surface area contributed by atoms with Crippen LogP contribution in [0.5, 0.6) is 0 Å². The van der Waals surface area contributed by atoms with Gasteiger partial charge in [0.15, 0.2) is 5.76 Å².